The average Bonchev–Trinajstić information content (AvgIpc) is 2.05. The molecule has 0 aliphatic carbocycles. The van der Waals surface area contributed by atoms with Crippen molar-refractivity contribution in [2.75, 3.05) is 7.11 Å². The molecule has 0 heterocycles. The quantitative estimate of drug-likeness (QED) is 0.764. The summed E-state index contributed by atoms with van der Waals surface area (Å²) in [5.74, 6) is 1.71. The minimum Gasteiger partial charge on any atom is -0.496 e. The Balaban J connectivity index is 3.10. The fourth-order valence-corrected chi connectivity index (χ4v) is 1.38. The molecule has 60 valence electrons. The molecular formula is C8H9IO2. The van der Waals surface area contributed by atoms with Crippen molar-refractivity contribution >= 4 is 23.0 Å². The van der Waals surface area contributed by atoms with Crippen molar-refractivity contribution in [1.29, 1.82) is 0 Å². The van der Waals surface area contributed by atoms with E-state index in [9.17, 15) is 0 Å². The summed E-state index contributed by atoms with van der Waals surface area (Å²) in [6, 6.07) is 5.72. The first-order valence-electron chi connectivity index (χ1n) is 3.21. The summed E-state index contributed by atoms with van der Waals surface area (Å²) in [6.45, 7) is 1.97. The third kappa shape index (κ3) is 1.77. The van der Waals surface area contributed by atoms with Crippen LogP contribution < -0.4 is 7.80 Å². The number of benzene rings is 1. The second-order valence-corrected chi connectivity index (χ2v) is 2.60. The van der Waals surface area contributed by atoms with Gasteiger partial charge in [-0.25, -0.2) is 0 Å². The molecule has 0 unspecified atom stereocenters. The highest BCUT2D eigenvalue weighted by atomic mass is 127. The Morgan fingerprint density at radius 2 is 1.91 bits per heavy atom. The van der Waals surface area contributed by atoms with Crippen molar-refractivity contribution in [3.63, 3.8) is 0 Å². The first-order valence-corrected chi connectivity index (χ1v) is 4.10. The summed E-state index contributed by atoms with van der Waals surface area (Å²) in [5, 5.41) is 0. The van der Waals surface area contributed by atoms with Gasteiger partial charge < -0.3 is 7.80 Å². The fraction of sp³-hybridized carbons (Fsp3) is 0.250. The highest BCUT2D eigenvalue weighted by Crippen LogP contribution is 2.27. The molecule has 0 bridgehead atoms. The predicted octanol–water partition coefficient (Wildman–Crippen LogP) is 2.73. The molecule has 0 aliphatic heterocycles. The second kappa shape index (κ2) is 3.80. The number of hydrogen-bond acceptors (Lipinski definition) is 2. The molecule has 0 aromatic heterocycles. The van der Waals surface area contributed by atoms with Crippen LogP contribution in [0.2, 0.25) is 0 Å². The van der Waals surface area contributed by atoms with Gasteiger partial charge in [-0.05, 0) is 19.1 Å². The Morgan fingerprint density at radius 1 is 1.27 bits per heavy atom. The zero-order valence-corrected chi connectivity index (χ0v) is 8.58. The first kappa shape index (κ1) is 8.64. The largest absolute Gasteiger partial charge is 0.496 e. The Morgan fingerprint density at radius 3 is 2.45 bits per heavy atom. The van der Waals surface area contributed by atoms with Gasteiger partial charge in [0, 0.05) is 5.56 Å². The molecule has 0 atom stereocenters. The molecule has 0 aliphatic rings. The number of hydrogen-bond donors (Lipinski definition) is 0. The van der Waals surface area contributed by atoms with E-state index in [-0.39, 0.29) is 0 Å². The summed E-state index contributed by atoms with van der Waals surface area (Å²) in [7, 11) is 1.65. The van der Waals surface area contributed by atoms with Crippen LogP contribution in [0, 0.1) is 6.92 Å². The predicted molar refractivity (Wildman–Crippen MR) is 52.4 cm³/mol. The van der Waals surface area contributed by atoms with Gasteiger partial charge in [0.1, 0.15) is 11.5 Å². The maximum Gasteiger partial charge on any atom is 0.192 e. The van der Waals surface area contributed by atoms with Crippen LogP contribution in [0.4, 0.5) is 0 Å². The van der Waals surface area contributed by atoms with Gasteiger partial charge in [0.05, 0.1) is 7.11 Å². The van der Waals surface area contributed by atoms with Crippen LogP contribution in [-0.2, 0) is 0 Å². The number of methoxy groups -OCH3 is 1. The Bertz CT molecular complexity index is 226. The van der Waals surface area contributed by atoms with E-state index in [1.165, 1.54) is 0 Å². The zero-order chi connectivity index (χ0) is 8.27. The molecular weight excluding hydrogens is 255 g/mol. The lowest BCUT2D eigenvalue weighted by Crippen LogP contribution is -1.88. The van der Waals surface area contributed by atoms with Crippen LogP contribution in [0.15, 0.2) is 18.2 Å². The van der Waals surface area contributed by atoms with E-state index >= 15 is 0 Å². The number of rotatable bonds is 2. The molecule has 0 saturated carbocycles. The maximum absolute atomic E-state index is 5.10. The smallest absolute Gasteiger partial charge is 0.192 e. The van der Waals surface area contributed by atoms with Crippen LogP contribution in [0.1, 0.15) is 5.56 Å². The van der Waals surface area contributed by atoms with Gasteiger partial charge >= 0.3 is 0 Å². The molecule has 3 heteroatoms. The molecule has 1 aromatic carbocycles. The van der Waals surface area contributed by atoms with Crippen molar-refractivity contribution in [2.45, 2.75) is 6.92 Å². The van der Waals surface area contributed by atoms with Crippen molar-refractivity contribution in [3.8, 4) is 11.5 Å². The van der Waals surface area contributed by atoms with Gasteiger partial charge in [-0.15, -0.1) is 0 Å². The minimum atomic E-state index is 0.852. The summed E-state index contributed by atoms with van der Waals surface area (Å²) >= 11 is 1.86. The summed E-state index contributed by atoms with van der Waals surface area (Å²) in [4.78, 5) is 0. The van der Waals surface area contributed by atoms with E-state index in [2.05, 4.69) is 0 Å². The number of ether oxygens (including phenoxy) is 1. The zero-order valence-electron chi connectivity index (χ0n) is 6.43. The van der Waals surface area contributed by atoms with Crippen LogP contribution >= 0.6 is 23.0 Å². The van der Waals surface area contributed by atoms with Crippen molar-refractivity contribution in [3.05, 3.63) is 23.8 Å². The van der Waals surface area contributed by atoms with Gasteiger partial charge in [-0.1, -0.05) is 6.07 Å². The van der Waals surface area contributed by atoms with Crippen molar-refractivity contribution < 1.29 is 7.80 Å². The van der Waals surface area contributed by atoms with Crippen LogP contribution in [0.5, 0.6) is 11.5 Å². The molecule has 2 nitrogen and oxygen atoms in total. The summed E-state index contributed by atoms with van der Waals surface area (Å²) in [5.41, 5.74) is 1.03. The summed E-state index contributed by atoms with van der Waals surface area (Å²) in [6.07, 6.45) is 0. The van der Waals surface area contributed by atoms with Crippen molar-refractivity contribution in [2.24, 2.45) is 0 Å². The highest BCUT2D eigenvalue weighted by molar-refractivity contribution is 14.1. The second-order valence-electron chi connectivity index (χ2n) is 2.16. The molecule has 0 amide bonds. The van der Waals surface area contributed by atoms with E-state index in [1.807, 2.05) is 48.1 Å². The maximum atomic E-state index is 5.10. The molecule has 1 rings (SSSR count). The minimum absolute atomic E-state index is 0.852. The first-order chi connectivity index (χ1) is 5.29. The standard InChI is InChI=1S/C8H9IO2/c1-6-7(10-2)4-3-5-8(6)11-9/h3-5H,1-2H3. The lowest BCUT2D eigenvalue weighted by atomic mass is 10.2. The van der Waals surface area contributed by atoms with E-state index in [0.29, 0.717) is 0 Å². The molecule has 0 fully saturated rings. The SMILES string of the molecule is COc1cccc(OI)c1C. The van der Waals surface area contributed by atoms with E-state index in [4.69, 9.17) is 7.80 Å². The fourth-order valence-electron chi connectivity index (χ4n) is 0.899. The molecule has 11 heavy (non-hydrogen) atoms. The van der Waals surface area contributed by atoms with E-state index in [0.717, 1.165) is 17.1 Å². The van der Waals surface area contributed by atoms with E-state index < -0.39 is 0 Å². The van der Waals surface area contributed by atoms with Crippen LogP contribution in [0.25, 0.3) is 0 Å². The van der Waals surface area contributed by atoms with Crippen LogP contribution in [0.3, 0.4) is 0 Å². The Hall–Kier alpha value is -0.450. The Kier molecular flexibility index (Phi) is 2.99. The van der Waals surface area contributed by atoms with E-state index in [1.54, 1.807) is 7.11 Å². The van der Waals surface area contributed by atoms with Crippen molar-refractivity contribution in [1.82, 2.24) is 0 Å². The molecule has 1 aromatic rings. The van der Waals surface area contributed by atoms with Gasteiger partial charge in [0.2, 0.25) is 0 Å². The highest BCUT2D eigenvalue weighted by Gasteiger charge is 2.02. The van der Waals surface area contributed by atoms with Crippen LogP contribution in [-0.4, -0.2) is 7.11 Å². The van der Waals surface area contributed by atoms with Gasteiger partial charge in [-0.3, -0.25) is 0 Å². The van der Waals surface area contributed by atoms with Gasteiger partial charge in [0.15, 0.2) is 23.0 Å². The molecule has 0 saturated heterocycles. The Labute approximate surface area is 80.2 Å². The third-order valence-electron chi connectivity index (χ3n) is 1.54. The molecule has 0 N–H and O–H groups in total. The monoisotopic (exact) mass is 264 g/mol. The molecule has 0 radical (unpaired) electrons. The molecule has 0 spiro atoms. The lowest BCUT2D eigenvalue weighted by Gasteiger charge is -2.06. The normalized spacial score (nSPS) is 9.36. The van der Waals surface area contributed by atoms with Gasteiger partial charge in [0.25, 0.3) is 0 Å². The summed E-state index contributed by atoms with van der Waals surface area (Å²) < 4.78 is 10.2. The van der Waals surface area contributed by atoms with Gasteiger partial charge in [-0.2, -0.15) is 0 Å². The third-order valence-corrected chi connectivity index (χ3v) is 2.01. The average molecular weight is 264 g/mol. The number of halogens is 1. The lowest BCUT2D eigenvalue weighted by molar-refractivity contribution is 0.410. The topological polar surface area (TPSA) is 18.5 Å².